The molecule has 3 nitrogen and oxygen atoms in total. The van der Waals surface area contributed by atoms with Crippen LogP contribution in [0.2, 0.25) is 0 Å². The third-order valence-corrected chi connectivity index (χ3v) is 1.67. The summed E-state index contributed by atoms with van der Waals surface area (Å²) in [5, 5.41) is 6.37. The Balaban J connectivity index is 4.39. The standard InChI is InChI=1S/C4H2Cl4O3/c5-1(3(10)11)2(9)4(6,7)8/h1H,(H,10,11). The van der Waals surface area contributed by atoms with E-state index in [1.807, 2.05) is 0 Å². The van der Waals surface area contributed by atoms with Crippen LogP contribution in [0.25, 0.3) is 0 Å². The second-order valence-electron chi connectivity index (χ2n) is 1.56. The van der Waals surface area contributed by atoms with Crippen molar-refractivity contribution >= 4 is 58.2 Å². The van der Waals surface area contributed by atoms with Crippen molar-refractivity contribution in [1.29, 1.82) is 0 Å². The molecule has 7 heteroatoms. The average Bonchev–Trinajstić information content (AvgIpc) is 1.82. The van der Waals surface area contributed by atoms with Gasteiger partial charge in [-0.1, -0.05) is 34.8 Å². The van der Waals surface area contributed by atoms with Crippen molar-refractivity contribution < 1.29 is 14.7 Å². The lowest BCUT2D eigenvalue weighted by Gasteiger charge is -2.10. The van der Waals surface area contributed by atoms with Crippen LogP contribution in [0.4, 0.5) is 0 Å². The van der Waals surface area contributed by atoms with Crippen LogP contribution < -0.4 is 0 Å². The summed E-state index contributed by atoms with van der Waals surface area (Å²) in [4.78, 5) is 20.8. The van der Waals surface area contributed by atoms with Crippen molar-refractivity contribution in [3.63, 3.8) is 0 Å². The van der Waals surface area contributed by atoms with E-state index >= 15 is 0 Å². The van der Waals surface area contributed by atoms with Crippen molar-refractivity contribution in [2.24, 2.45) is 0 Å². The number of aliphatic carboxylic acids is 1. The van der Waals surface area contributed by atoms with Crippen molar-refractivity contribution in [2.75, 3.05) is 0 Å². The van der Waals surface area contributed by atoms with Crippen LogP contribution in [-0.2, 0) is 9.59 Å². The first kappa shape index (κ1) is 11.3. The van der Waals surface area contributed by atoms with Gasteiger partial charge in [-0.15, -0.1) is 11.6 Å². The van der Waals surface area contributed by atoms with Gasteiger partial charge in [-0.25, -0.2) is 0 Å². The topological polar surface area (TPSA) is 54.4 Å². The highest BCUT2D eigenvalue weighted by molar-refractivity contribution is 6.78. The van der Waals surface area contributed by atoms with Gasteiger partial charge in [-0.05, 0) is 0 Å². The fourth-order valence-electron chi connectivity index (χ4n) is 0.256. The molecule has 0 radical (unpaired) electrons. The molecule has 0 heterocycles. The van der Waals surface area contributed by atoms with Gasteiger partial charge in [0.2, 0.25) is 5.78 Å². The first-order valence-corrected chi connectivity index (χ1v) is 3.81. The zero-order chi connectivity index (χ0) is 9.23. The highest BCUT2D eigenvalue weighted by atomic mass is 35.6. The van der Waals surface area contributed by atoms with Crippen LogP contribution in [0.1, 0.15) is 0 Å². The summed E-state index contributed by atoms with van der Waals surface area (Å²) in [5.74, 6) is -2.71. The Morgan fingerprint density at radius 3 is 1.73 bits per heavy atom. The molecule has 0 aliphatic heterocycles. The third-order valence-electron chi connectivity index (χ3n) is 0.726. The van der Waals surface area contributed by atoms with Gasteiger partial charge in [-0.3, -0.25) is 9.59 Å². The van der Waals surface area contributed by atoms with Gasteiger partial charge in [0.1, 0.15) is 0 Å². The van der Waals surface area contributed by atoms with Crippen molar-refractivity contribution in [1.82, 2.24) is 0 Å². The lowest BCUT2D eigenvalue weighted by molar-refractivity contribution is -0.139. The maximum atomic E-state index is 10.7. The Morgan fingerprint density at radius 1 is 1.27 bits per heavy atom. The summed E-state index contributed by atoms with van der Waals surface area (Å²) in [5.41, 5.74) is 0. The molecule has 0 amide bonds. The van der Waals surface area contributed by atoms with Crippen molar-refractivity contribution in [3.8, 4) is 0 Å². The van der Waals surface area contributed by atoms with Gasteiger partial charge in [0.05, 0.1) is 0 Å². The van der Waals surface area contributed by atoms with Gasteiger partial charge in [0, 0.05) is 0 Å². The maximum Gasteiger partial charge on any atom is 0.329 e. The predicted molar refractivity (Wildman–Crippen MR) is 42.6 cm³/mol. The number of Topliss-reactive ketones (excluding diaryl/α,β-unsaturated/α-hetero) is 1. The number of carboxylic acid groups (broad SMARTS) is 1. The molecular formula is C4H2Cl4O3. The summed E-state index contributed by atoms with van der Waals surface area (Å²) < 4.78 is -2.27. The number of carboxylic acids is 1. The zero-order valence-electron chi connectivity index (χ0n) is 4.85. The van der Waals surface area contributed by atoms with Gasteiger partial charge in [0.25, 0.3) is 3.79 Å². The quantitative estimate of drug-likeness (QED) is 0.589. The van der Waals surface area contributed by atoms with Crippen LogP contribution in [0.3, 0.4) is 0 Å². The monoisotopic (exact) mass is 238 g/mol. The van der Waals surface area contributed by atoms with E-state index in [1.165, 1.54) is 0 Å². The molecule has 0 aliphatic rings. The van der Waals surface area contributed by atoms with Crippen LogP contribution in [0, 0.1) is 0 Å². The molecule has 64 valence electrons. The molecule has 0 saturated heterocycles. The summed E-state index contributed by atoms with van der Waals surface area (Å²) in [6, 6.07) is 0. The fourth-order valence-corrected chi connectivity index (χ4v) is 0.914. The number of ketones is 1. The Labute approximate surface area is 82.2 Å². The molecule has 11 heavy (non-hydrogen) atoms. The number of halogens is 4. The van der Waals surface area contributed by atoms with Gasteiger partial charge < -0.3 is 5.11 Å². The van der Waals surface area contributed by atoms with E-state index in [4.69, 9.17) is 51.5 Å². The normalized spacial score (nSPS) is 14.2. The molecule has 0 fully saturated rings. The van der Waals surface area contributed by atoms with Gasteiger partial charge in [-0.2, -0.15) is 0 Å². The second-order valence-corrected chi connectivity index (χ2v) is 4.28. The number of carbonyl (C=O) groups is 2. The number of hydrogen-bond acceptors (Lipinski definition) is 2. The molecule has 0 spiro atoms. The van der Waals surface area contributed by atoms with Crippen LogP contribution >= 0.6 is 46.4 Å². The summed E-state index contributed by atoms with van der Waals surface area (Å²) in [6.45, 7) is 0. The Bertz CT molecular complexity index is 184. The zero-order valence-corrected chi connectivity index (χ0v) is 7.88. The van der Waals surface area contributed by atoms with E-state index in [9.17, 15) is 9.59 Å². The minimum absolute atomic E-state index is 1.17. The molecule has 0 bridgehead atoms. The summed E-state index contributed by atoms with van der Waals surface area (Å²) in [7, 11) is 0. The second kappa shape index (κ2) is 3.81. The Kier molecular flexibility index (Phi) is 3.91. The summed E-state index contributed by atoms with van der Waals surface area (Å²) in [6.07, 6.45) is 0. The largest absolute Gasteiger partial charge is 0.480 e. The molecule has 0 aliphatic carbocycles. The van der Waals surface area contributed by atoms with Crippen molar-refractivity contribution in [2.45, 2.75) is 9.17 Å². The highest BCUT2D eigenvalue weighted by Gasteiger charge is 2.39. The molecule has 0 aromatic carbocycles. The first-order valence-electron chi connectivity index (χ1n) is 2.24. The Morgan fingerprint density at radius 2 is 1.64 bits per heavy atom. The molecule has 1 atom stereocenters. The number of carbonyl (C=O) groups excluding carboxylic acids is 1. The SMILES string of the molecule is O=C(O)C(Cl)C(=O)C(Cl)(Cl)Cl. The van der Waals surface area contributed by atoms with Crippen LogP contribution in [0.5, 0.6) is 0 Å². The third kappa shape index (κ3) is 3.47. The molecule has 1 unspecified atom stereocenters. The smallest absolute Gasteiger partial charge is 0.329 e. The number of alkyl halides is 4. The molecule has 0 aromatic heterocycles. The minimum atomic E-state index is -2.27. The fraction of sp³-hybridized carbons (Fsp3) is 0.500. The maximum absolute atomic E-state index is 10.7. The minimum Gasteiger partial charge on any atom is -0.480 e. The predicted octanol–water partition coefficient (Wildman–Crippen LogP) is 1.62. The van der Waals surface area contributed by atoms with E-state index in [0.717, 1.165) is 0 Å². The molecule has 0 aromatic rings. The molecule has 0 rings (SSSR count). The Hall–Kier alpha value is 0.300. The molecule has 0 saturated carbocycles. The van der Waals surface area contributed by atoms with E-state index in [-0.39, 0.29) is 0 Å². The van der Waals surface area contributed by atoms with E-state index in [0.29, 0.717) is 0 Å². The average molecular weight is 240 g/mol. The van der Waals surface area contributed by atoms with Gasteiger partial charge >= 0.3 is 5.97 Å². The van der Waals surface area contributed by atoms with E-state index in [1.54, 1.807) is 0 Å². The molecule has 1 N–H and O–H groups in total. The van der Waals surface area contributed by atoms with Gasteiger partial charge in [0.15, 0.2) is 5.38 Å². The van der Waals surface area contributed by atoms with Crippen LogP contribution in [0.15, 0.2) is 0 Å². The lowest BCUT2D eigenvalue weighted by atomic mass is 10.3. The van der Waals surface area contributed by atoms with E-state index < -0.39 is 20.9 Å². The summed E-state index contributed by atoms with van der Waals surface area (Å²) >= 11 is 20.2. The molecular weight excluding hydrogens is 238 g/mol. The first-order chi connectivity index (χ1) is 4.76. The highest BCUT2D eigenvalue weighted by Crippen LogP contribution is 2.29. The van der Waals surface area contributed by atoms with E-state index in [2.05, 4.69) is 0 Å². The van der Waals surface area contributed by atoms with Crippen LogP contribution in [-0.4, -0.2) is 26.0 Å². The number of hydrogen-bond donors (Lipinski definition) is 1. The lowest BCUT2D eigenvalue weighted by Crippen LogP contribution is -2.33. The number of rotatable bonds is 2. The van der Waals surface area contributed by atoms with Crippen molar-refractivity contribution in [3.05, 3.63) is 0 Å².